The van der Waals surface area contributed by atoms with E-state index in [1.165, 1.54) is 11.9 Å². The minimum Gasteiger partial charge on any atom is -0.482 e. The van der Waals surface area contributed by atoms with Crippen molar-refractivity contribution < 1.29 is 9.53 Å². The summed E-state index contributed by atoms with van der Waals surface area (Å²) in [6.07, 6.45) is 0. The van der Waals surface area contributed by atoms with Crippen molar-refractivity contribution in [3.05, 3.63) is 47.5 Å². The molecule has 0 saturated heterocycles. The summed E-state index contributed by atoms with van der Waals surface area (Å²) >= 11 is 7.61. The Morgan fingerprint density at radius 1 is 1.25 bits per heavy atom. The van der Waals surface area contributed by atoms with Gasteiger partial charge >= 0.3 is 0 Å². The first-order valence-electron chi connectivity index (χ1n) is 5.96. The number of nitrogens with one attached hydrogen (secondary N) is 2. The Labute approximate surface area is 125 Å². The largest absolute Gasteiger partial charge is 0.482 e. The molecule has 0 radical (unpaired) electrons. The summed E-state index contributed by atoms with van der Waals surface area (Å²) < 4.78 is 8.58. The van der Waals surface area contributed by atoms with E-state index < -0.39 is 0 Å². The van der Waals surface area contributed by atoms with E-state index in [1.54, 1.807) is 6.07 Å². The average molecular weight is 307 g/mol. The number of carbonyl (C=O) groups excluding carboxylic acids is 1. The zero-order chi connectivity index (χ0) is 13.9. The topological polar surface area (TPSA) is 50.4 Å². The molecule has 1 aliphatic heterocycles. The standard InChI is InChI=1S/C14H11ClN2O2S/c15-10-6-11-12(19-8-14(18)16-11)7-13(10)20-17-9-4-2-1-3-5-9/h1-7,17H,8H2,(H,16,18). The predicted octanol–water partition coefficient (Wildman–Crippen LogP) is 3.79. The highest BCUT2D eigenvalue weighted by molar-refractivity contribution is 8.00. The maximum atomic E-state index is 11.2. The quantitative estimate of drug-likeness (QED) is 0.847. The molecule has 1 amide bonds. The van der Waals surface area contributed by atoms with Crippen molar-refractivity contribution in [2.75, 3.05) is 16.6 Å². The Morgan fingerprint density at radius 2 is 2.05 bits per heavy atom. The monoisotopic (exact) mass is 306 g/mol. The molecule has 0 aliphatic carbocycles. The summed E-state index contributed by atoms with van der Waals surface area (Å²) in [5.41, 5.74) is 1.59. The van der Waals surface area contributed by atoms with E-state index in [4.69, 9.17) is 16.3 Å². The number of hydrogen-bond acceptors (Lipinski definition) is 4. The Morgan fingerprint density at radius 3 is 2.85 bits per heavy atom. The van der Waals surface area contributed by atoms with Crippen LogP contribution < -0.4 is 14.8 Å². The molecule has 2 aromatic rings. The van der Waals surface area contributed by atoms with Crippen molar-refractivity contribution >= 4 is 40.8 Å². The normalized spacial score (nSPS) is 13.2. The lowest BCUT2D eigenvalue weighted by molar-refractivity contribution is -0.118. The van der Waals surface area contributed by atoms with Crippen LogP contribution in [0.4, 0.5) is 11.4 Å². The Balaban J connectivity index is 1.79. The molecule has 3 rings (SSSR count). The number of ether oxygens (including phenoxy) is 1. The lowest BCUT2D eigenvalue weighted by Gasteiger charge is -2.19. The first-order valence-corrected chi connectivity index (χ1v) is 7.16. The molecule has 0 bridgehead atoms. The van der Waals surface area contributed by atoms with E-state index in [9.17, 15) is 4.79 Å². The molecule has 1 heterocycles. The third kappa shape index (κ3) is 2.84. The number of benzene rings is 2. The van der Waals surface area contributed by atoms with Gasteiger partial charge in [0.25, 0.3) is 5.91 Å². The van der Waals surface area contributed by atoms with Gasteiger partial charge in [0, 0.05) is 5.69 Å². The smallest absolute Gasteiger partial charge is 0.262 e. The van der Waals surface area contributed by atoms with Crippen LogP contribution in [0.25, 0.3) is 0 Å². The fourth-order valence-electron chi connectivity index (χ4n) is 1.78. The molecule has 2 aromatic carbocycles. The van der Waals surface area contributed by atoms with E-state index in [0.717, 1.165) is 10.6 Å². The van der Waals surface area contributed by atoms with Gasteiger partial charge in [-0.1, -0.05) is 29.8 Å². The third-order valence-electron chi connectivity index (χ3n) is 2.72. The Bertz CT molecular complexity index is 649. The summed E-state index contributed by atoms with van der Waals surface area (Å²) in [6, 6.07) is 13.3. The van der Waals surface area contributed by atoms with Gasteiger partial charge in [0.05, 0.1) is 15.6 Å². The summed E-state index contributed by atoms with van der Waals surface area (Å²) in [6.45, 7) is 0.0326. The number of anilines is 2. The highest BCUT2D eigenvalue weighted by atomic mass is 35.5. The number of hydrogen-bond donors (Lipinski definition) is 2. The summed E-state index contributed by atoms with van der Waals surface area (Å²) in [5, 5.41) is 3.28. The molecular weight excluding hydrogens is 296 g/mol. The van der Waals surface area contributed by atoms with Gasteiger partial charge in [-0.3, -0.25) is 4.79 Å². The zero-order valence-electron chi connectivity index (χ0n) is 10.4. The van der Waals surface area contributed by atoms with Crippen LogP contribution in [0.5, 0.6) is 5.75 Å². The number of amides is 1. The lowest BCUT2D eigenvalue weighted by Crippen LogP contribution is -2.25. The van der Waals surface area contributed by atoms with Gasteiger partial charge < -0.3 is 14.8 Å². The Kier molecular flexibility index (Phi) is 3.71. The highest BCUT2D eigenvalue weighted by Crippen LogP contribution is 2.38. The van der Waals surface area contributed by atoms with E-state index in [-0.39, 0.29) is 12.5 Å². The van der Waals surface area contributed by atoms with Crippen molar-refractivity contribution in [2.24, 2.45) is 0 Å². The van der Waals surface area contributed by atoms with Crippen LogP contribution in [0.2, 0.25) is 5.02 Å². The van der Waals surface area contributed by atoms with Gasteiger partial charge in [0.1, 0.15) is 5.75 Å². The van der Waals surface area contributed by atoms with Crippen LogP contribution in [0, 0.1) is 0 Å². The summed E-state index contributed by atoms with van der Waals surface area (Å²) in [4.78, 5) is 12.1. The van der Waals surface area contributed by atoms with Crippen molar-refractivity contribution in [3.8, 4) is 5.75 Å². The van der Waals surface area contributed by atoms with Crippen LogP contribution >= 0.6 is 23.5 Å². The molecule has 2 N–H and O–H groups in total. The predicted molar refractivity (Wildman–Crippen MR) is 81.5 cm³/mol. The first kappa shape index (κ1) is 13.1. The maximum Gasteiger partial charge on any atom is 0.262 e. The third-order valence-corrected chi connectivity index (χ3v) is 4.04. The minimum absolute atomic E-state index is 0.0326. The van der Waals surface area contributed by atoms with Crippen molar-refractivity contribution in [1.82, 2.24) is 0 Å². The van der Waals surface area contributed by atoms with E-state index in [2.05, 4.69) is 10.0 Å². The van der Waals surface area contributed by atoms with Crippen molar-refractivity contribution in [3.63, 3.8) is 0 Å². The highest BCUT2D eigenvalue weighted by Gasteiger charge is 2.18. The van der Waals surface area contributed by atoms with Crippen LogP contribution in [-0.2, 0) is 4.79 Å². The second-order valence-electron chi connectivity index (χ2n) is 4.19. The van der Waals surface area contributed by atoms with Crippen LogP contribution in [0.3, 0.4) is 0 Å². The van der Waals surface area contributed by atoms with Crippen molar-refractivity contribution in [2.45, 2.75) is 4.90 Å². The molecule has 0 unspecified atom stereocenters. The lowest BCUT2D eigenvalue weighted by atomic mass is 10.2. The molecule has 1 aliphatic rings. The minimum atomic E-state index is -0.170. The van der Waals surface area contributed by atoms with Gasteiger partial charge in [-0.05, 0) is 36.2 Å². The molecule has 0 aromatic heterocycles. The molecule has 0 fully saturated rings. The average Bonchev–Trinajstić information content (AvgIpc) is 2.46. The molecule has 0 spiro atoms. The molecule has 0 saturated carbocycles. The van der Waals surface area contributed by atoms with Crippen molar-refractivity contribution in [1.29, 1.82) is 0 Å². The van der Waals surface area contributed by atoms with Crippen LogP contribution in [0.15, 0.2) is 47.4 Å². The molecule has 6 heteroatoms. The molecule has 0 atom stereocenters. The summed E-state index contributed by atoms with van der Waals surface area (Å²) in [7, 11) is 0. The molecule has 102 valence electrons. The Hall–Kier alpha value is -1.85. The summed E-state index contributed by atoms with van der Waals surface area (Å²) in [5.74, 6) is 0.461. The van der Waals surface area contributed by atoms with Gasteiger partial charge in [0.2, 0.25) is 0 Å². The number of rotatable bonds is 3. The second-order valence-corrected chi connectivity index (χ2v) is 5.44. The van der Waals surface area contributed by atoms with Gasteiger partial charge in [0.15, 0.2) is 6.61 Å². The first-order chi connectivity index (χ1) is 9.72. The molecule has 20 heavy (non-hydrogen) atoms. The molecular formula is C14H11ClN2O2S. The molecule has 4 nitrogen and oxygen atoms in total. The van der Waals surface area contributed by atoms with Crippen LogP contribution in [0.1, 0.15) is 0 Å². The van der Waals surface area contributed by atoms with E-state index >= 15 is 0 Å². The zero-order valence-corrected chi connectivity index (χ0v) is 11.9. The van der Waals surface area contributed by atoms with Gasteiger partial charge in [-0.15, -0.1) is 0 Å². The van der Waals surface area contributed by atoms with E-state index in [1.807, 2.05) is 36.4 Å². The SMILES string of the molecule is O=C1COc2cc(SNc3ccccc3)c(Cl)cc2N1. The van der Waals surface area contributed by atoms with Gasteiger partial charge in [-0.25, -0.2) is 0 Å². The number of fused-ring (bicyclic) bond motifs is 1. The fraction of sp³-hybridized carbons (Fsp3) is 0.0714. The second kappa shape index (κ2) is 5.64. The fourth-order valence-corrected chi connectivity index (χ4v) is 2.75. The van der Waals surface area contributed by atoms with E-state index in [0.29, 0.717) is 16.5 Å². The number of halogens is 1. The maximum absolute atomic E-state index is 11.2. The van der Waals surface area contributed by atoms with Gasteiger partial charge in [-0.2, -0.15) is 0 Å². The number of para-hydroxylation sites is 1. The number of carbonyl (C=O) groups is 1. The van der Waals surface area contributed by atoms with Crippen LogP contribution in [-0.4, -0.2) is 12.5 Å².